The van der Waals surface area contributed by atoms with Crippen LogP contribution in [-0.2, 0) is 0 Å². The Morgan fingerprint density at radius 3 is 2.46 bits per heavy atom. The lowest BCUT2D eigenvalue weighted by Gasteiger charge is -2.13. The fraction of sp³-hybridized carbons (Fsp3) is 0.167. The molecule has 0 aliphatic heterocycles. The molecule has 5 nitrogen and oxygen atoms in total. The van der Waals surface area contributed by atoms with Gasteiger partial charge in [-0.2, -0.15) is 0 Å². The van der Waals surface area contributed by atoms with Crippen LogP contribution in [0.4, 0.5) is 19.7 Å². The molecule has 1 unspecified atom stereocenters. The van der Waals surface area contributed by atoms with Crippen LogP contribution in [0.1, 0.15) is 33.9 Å². The molecule has 134 valence electrons. The Morgan fingerprint density at radius 2 is 1.81 bits per heavy atom. The molecule has 3 rings (SSSR count). The predicted molar refractivity (Wildman–Crippen MR) is 96.6 cm³/mol. The average molecular weight is 374 g/mol. The van der Waals surface area contributed by atoms with Gasteiger partial charge >= 0.3 is 0 Å². The van der Waals surface area contributed by atoms with E-state index < -0.39 is 5.82 Å². The van der Waals surface area contributed by atoms with Gasteiger partial charge in [0.25, 0.3) is 5.91 Å². The summed E-state index contributed by atoms with van der Waals surface area (Å²) in [6, 6.07) is 8.47. The van der Waals surface area contributed by atoms with E-state index in [1.165, 1.54) is 35.6 Å². The number of carbonyl (C=O) groups is 1. The van der Waals surface area contributed by atoms with Gasteiger partial charge in [0.15, 0.2) is 5.13 Å². The maximum Gasteiger partial charge on any atom is 0.263 e. The van der Waals surface area contributed by atoms with Gasteiger partial charge in [-0.3, -0.25) is 4.79 Å². The molecule has 0 aliphatic rings. The molecule has 8 heteroatoms. The van der Waals surface area contributed by atoms with E-state index in [0.717, 1.165) is 11.8 Å². The molecule has 0 saturated carbocycles. The number of nitrogens with one attached hydrogen (secondary N) is 2. The Morgan fingerprint density at radius 1 is 1.12 bits per heavy atom. The zero-order valence-electron chi connectivity index (χ0n) is 14.1. The van der Waals surface area contributed by atoms with Crippen LogP contribution < -0.4 is 10.6 Å². The summed E-state index contributed by atoms with van der Waals surface area (Å²) < 4.78 is 25.9. The molecule has 0 saturated heterocycles. The van der Waals surface area contributed by atoms with E-state index in [9.17, 15) is 13.6 Å². The number of anilines is 2. The number of aryl methyl sites for hydroxylation is 1. The first-order valence-electron chi connectivity index (χ1n) is 7.84. The molecule has 26 heavy (non-hydrogen) atoms. The van der Waals surface area contributed by atoms with Crippen LogP contribution in [0.15, 0.2) is 42.6 Å². The number of nitrogens with zero attached hydrogens (tertiary/aromatic N) is 2. The summed E-state index contributed by atoms with van der Waals surface area (Å²) in [6.07, 6.45) is 1.10. The predicted octanol–water partition coefficient (Wildman–Crippen LogP) is 4.36. The molecule has 0 aliphatic carbocycles. The van der Waals surface area contributed by atoms with Gasteiger partial charge in [-0.25, -0.2) is 18.7 Å². The Kier molecular flexibility index (Phi) is 5.22. The first kappa shape index (κ1) is 17.9. The van der Waals surface area contributed by atoms with E-state index >= 15 is 0 Å². The van der Waals surface area contributed by atoms with Crippen LogP contribution in [-0.4, -0.2) is 15.9 Å². The number of benzene rings is 1. The number of amides is 1. The average Bonchev–Trinajstić information content (AvgIpc) is 2.98. The van der Waals surface area contributed by atoms with Crippen molar-refractivity contribution >= 4 is 28.2 Å². The Bertz CT molecular complexity index is 910. The van der Waals surface area contributed by atoms with E-state index in [-0.39, 0.29) is 17.8 Å². The van der Waals surface area contributed by atoms with Crippen LogP contribution >= 0.6 is 11.3 Å². The van der Waals surface area contributed by atoms with Crippen molar-refractivity contribution in [1.82, 2.24) is 15.3 Å². The van der Waals surface area contributed by atoms with E-state index in [1.807, 2.05) is 6.92 Å². The Labute approximate surface area is 153 Å². The van der Waals surface area contributed by atoms with Gasteiger partial charge in [-0.1, -0.05) is 23.5 Å². The third-order valence-corrected chi connectivity index (χ3v) is 4.75. The molecule has 0 fully saturated rings. The van der Waals surface area contributed by atoms with Gasteiger partial charge in [0.05, 0.1) is 17.9 Å². The van der Waals surface area contributed by atoms with Crippen LogP contribution in [0.5, 0.6) is 0 Å². The minimum Gasteiger partial charge on any atom is -0.345 e. The standard InChI is InChI=1S/C18H16F2N4OS/c1-10(12-3-5-13(19)6-4-12)22-17(25)16-11(2)23-18(26-16)24-15-8-7-14(20)9-21-15/h3-10H,1-2H3,(H,22,25)(H,21,23,24). The summed E-state index contributed by atoms with van der Waals surface area (Å²) in [5.41, 5.74) is 1.37. The van der Waals surface area contributed by atoms with Crippen LogP contribution in [0.2, 0.25) is 0 Å². The van der Waals surface area contributed by atoms with Crippen molar-refractivity contribution in [2.45, 2.75) is 19.9 Å². The van der Waals surface area contributed by atoms with Crippen molar-refractivity contribution in [2.75, 3.05) is 5.32 Å². The molecular formula is C18H16F2N4OS. The highest BCUT2D eigenvalue weighted by molar-refractivity contribution is 7.17. The van der Waals surface area contributed by atoms with E-state index in [2.05, 4.69) is 20.6 Å². The topological polar surface area (TPSA) is 66.9 Å². The number of thiazole rings is 1. The van der Waals surface area contributed by atoms with Gasteiger partial charge < -0.3 is 10.6 Å². The largest absolute Gasteiger partial charge is 0.345 e. The fourth-order valence-corrected chi connectivity index (χ4v) is 3.19. The number of hydrogen-bond acceptors (Lipinski definition) is 5. The van der Waals surface area contributed by atoms with Crippen LogP contribution in [0.25, 0.3) is 0 Å². The van der Waals surface area contributed by atoms with Crippen molar-refractivity contribution in [3.05, 3.63) is 70.4 Å². The lowest BCUT2D eigenvalue weighted by atomic mass is 10.1. The summed E-state index contributed by atoms with van der Waals surface area (Å²) in [7, 11) is 0. The Hall–Kier alpha value is -2.87. The quantitative estimate of drug-likeness (QED) is 0.696. The van der Waals surface area contributed by atoms with E-state index in [4.69, 9.17) is 0 Å². The minimum atomic E-state index is -0.430. The normalized spacial score (nSPS) is 11.8. The molecule has 2 aromatic heterocycles. The monoisotopic (exact) mass is 374 g/mol. The van der Waals surface area contributed by atoms with Crippen molar-refractivity contribution in [1.29, 1.82) is 0 Å². The molecule has 0 radical (unpaired) electrons. The van der Waals surface area contributed by atoms with Crippen molar-refractivity contribution in [3.63, 3.8) is 0 Å². The highest BCUT2D eigenvalue weighted by Crippen LogP contribution is 2.26. The summed E-state index contributed by atoms with van der Waals surface area (Å²) in [5.74, 6) is -0.583. The molecule has 1 amide bonds. The second kappa shape index (κ2) is 7.57. The highest BCUT2D eigenvalue weighted by Gasteiger charge is 2.18. The summed E-state index contributed by atoms with van der Waals surface area (Å²) in [6.45, 7) is 3.56. The summed E-state index contributed by atoms with van der Waals surface area (Å²) in [5, 5.41) is 6.31. The zero-order valence-corrected chi connectivity index (χ0v) is 14.9. The van der Waals surface area contributed by atoms with Crippen LogP contribution in [0, 0.1) is 18.6 Å². The minimum absolute atomic E-state index is 0.267. The third-order valence-electron chi connectivity index (χ3n) is 3.68. The van der Waals surface area contributed by atoms with E-state index in [0.29, 0.717) is 21.5 Å². The Balaban J connectivity index is 1.70. The number of aromatic nitrogens is 2. The van der Waals surface area contributed by atoms with Crippen LogP contribution in [0.3, 0.4) is 0 Å². The molecule has 1 atom stereocenters. The second-order valence-corrected chi connectivity index (χ2v) is 6.67. The first-order chi connectivity index (χ1) is 12.4. The molecule has 3 aromatic rings. The van der Waals surface area contributed by atoms with Gasteiger partial charge in [0, 0.05) is 0 Å². The van der Waals surface area contributed by atoms with Gasteiger partial charge in [0.2, 0.25) is 0 Å². The van der Waals surface area contributed by atoms with Gasteiger partial charge in [-0.15, -0.1) is 0 Å². The summed E-state index contributed by atoms with van der Waals surface area (Å²) in [4.78, 5) is 21.2. The number of hydrogen-bond donors (Lipinski definition) is 2. The van der Waals surface area contributed by atoms with E-state index in [1.54, 1.807) is 19.1 Å². The lowest BCUT2D eigenvalue weighted by Crippen LogP contribution is -2.26. The molecular weight excluding hydrogens is 358 g/mol. The molecule has 2 N–H and O–H groups in total. The van der Waals surface area contributed by atoms with Crippen molar-refractivity contribution in [2.24, 2.45) is 0 Å². The highest BCUT2D eigenvalue weighted by atomic mass is 32.1. The summed E-state index contributed by atoms with van der Waals surface area (Å²) >= 11 is 1.18. The number of carbonyl (C=O) groups excluding carboxylic acids is 1. The number of halogens is 2. The molecule has 2 heterocycles. The smallest absolute Gasteiger partial charge is 0.263 e. The van der Waals surface area contributed by atoms with Crippen molar-refractivity contribution in [3.8, 4) is 0 Å². The maximum atomic E-state index is 13.0. The fourth-order valence-electron chi connectivity index (χ4n) is 2.32. The molecule has 0 bridgehead atoms. The van der Waals surface area contributed by atoms with Crippen molar-refractivity contribution < 1.29 is 13.6 Å². The first-order valence-corrected chi connectivity index (χ1v) is 8.66. The SMILES string of the molecule is Cc1nc(Nc2ccc(F)cn2)sc1C(=O)NC(C)c1ccc(F)cc1. The number of rotatable bonds is 5. The van der Waals surface area contributed by atoms with Gasteiger partial charge in [-0.05, 0) is 43.7 Å². The number of pyridine rings is 1. The van der Waals surface area contributed by atoms with Gasteiger partial charge in [0.1, 0.15) is 22.3 Å². The lowest BCUT2D eigenvalue weighted by molar-refractivity contribution is 0.0943. The second-order valence-electron chi connectivity index (χ2n) is 5.67. The zero-order chi connectivity index (χ0) is 18.7. The molecule has 1 aromatic carbocycles. The maximum absolute atomic E-state index is 13.0. The molecule has 0 spiro atoms. The third kappa shape index (κ3) is 4.20.